The molecule has 0 saturated carbocycles. The minimum atomic E-state index is -4.29. The molecule has 0 aromatic carbocycles. The number of phosphoric acid groups is 1. The molecule has 2 atom stereocenters. The molecule has 0 aromatic rings. The fraction of sp³-hybridized carbons (Fsp3) is 0.711. The zero-order valence-corrected chi connectivity index (χ0v) is 36.1. The molecule has 0 rings (SSSR count). The number of phosphoric ester groups is 1. The molecular formula is C45H81NO7P+. The molecule has 0 aliphatic heterocycles. The maximum atomic E-state index is 12.7. The van der Waals surface area contributed by atoms with Crippen LogP contribution in [0.5, 0.6) is 0 Å². The Morgan fingerprint density at radius 2 is 1.07 bits per heavy atom. The summed E-state index contributed by atoms with van der Waals surface area (Å²) in [5.41, 5.74) is 0. The van der Waals surface area contributed by atoms with Crippen molar-refractivity contribution in [3.63, 3.8) is 0 Å². The van der Waals surface area contributed by atoms with E-state index in [9.17, 15) is 14.3 Å². The highest BCUT2D eigenvalue weighted by molar-refractivity contribution is 7.47. The third-order valence-electron chi connectivity index (χ3n) is 8.50. The van der Waals surface area contributed by atoms with E-state index in [2.05, 4.69) is 86.8 Å². The van der Waals surface area contributed by atoms with E-state index in [1.165, 1.54) is 44.9 Å². The molecule has 1 N–H and O–H groups in total. The van der Waals surface area contributed by atoms with Crippen molar-refractivity contribution in [3.05, 3.63) is 72.9 Å². The van der Waals surface area contributed by atoms with E-state index in [-0.39, 0.29) is 25.8 Å². The Hall–Kier alpha value is -2.06. The van der Waals surface area contributed by atoms with E-state index < -0.39 is 13.9 Å². The summed E-state index contributed by atoms with van der Waals surface area (Å²) in [5, 5.41) is 0. The number of allylic oxidation sites excluding steroid dienone is 12. The Labute approximate surface area is 332 Å². The second-order valence-electron chi connectivity index (χ2n) is 15.0. The van der Waals surface area contributed by atoms with Gasteiger partial charge >= 0.3 is 13.8 Å². The van der Waals surface area contributed by atoms with Gasteiger partial charge in [-0.2, -0.15) is 0 Å². The number of quaternary nitrogens is 1. The van der Waals surface area contributed by atoms with Crippen LogP contribution < -0.4 is 0 Å². The van der Waals surface area contributed by atoms with Gasteiger partial charge < -0.3 is 18.9 Å². The van der Waals surface area contributed by atoms with Gasteiger partial charge in [-0.25, -0.2) is 4.57 Å². The average Bonchev–Trinajstić information content (AvgIpc) is 3.12. The van der Waals surface area contributed by atoms with Crippen molar-refractivity contribution < 1.29 is 37.3 Å². The topological polar surface area (TPSA) is 91.3 Å². The van der Waals surface area contributed by atoms with Gasteiger partial charge in [-0.3, -0.25) is 13.8 Å². The zero-order valence-electron chi connectivity index (χ0n) is 35.2. The lowest BCUT2D eigenvalue weighted by atomic mass is 10.1. The predicted molar refractivity (Wildman–Crippen MR) is 228 cm³/mol. The van der Waals surface area contributed by atoms with Gasteiger partial charge in [0.2, 0.25) is 0 Å². The minimum absolute atomic E-state index is 0.0749. The van der Waals surface area contributed by atoms with Crippen LogP contribution in [0.25, 0.3) is 0 Å². The summed E-state index contributed by atoms with van der Waals surface area (Å²) in [6.07, 6.45) is 48.0. The first-order chi connectivity index (χ1) is 26.1. The van der Waals surface area contributed by atoms with Gasteiger partial charge in [-0.05, 0) is 83.5 Å². The second kappa shape index (κ2) is 37.8. The van der Waals surface area contributed by atoms with Crippen LogP contribution in [0.15, 0.2) is 72.9 Å². The van der Waals surface area contributed by atoms with Crippen molar-refractivity contribution >= 4 is 13.8 Å². The first kappa shape index (κ1) is 51.9. The molecule has 54 heavy (non-hydrogen) atoms. The minimum Gasteiger partial charge on any atom is -0.457 e. The highest BCUT2D eigenvalue weighted by Crippen LogP contribution is 2.43. The third kappa shape index (κ3) is 41.1. The summed E-state index contributed by atoms with van der Waals surface area (Å²) >= 11 is 0. The Kier molecular flexibility index (Phi) is 36.4. The van der Waals surface area contributed by atoms with Gasteiger partial charge in [0, 0.05) is 13.0 Å². The number of rotatable bonds is 38. The van der Waals surface area contributed by atoms with Crippen molar-refractivity contribution in [3.8, 4) is 0 Å². The molecule has 0 radical (unpaired) electrons. The number of likely N-dealkylation sites (N-methyl/N-ethyl adjacent to an activating group) is 1. The van der Waals surface area contributed by atoms with Crippen LogP contribution in [-0.2, 0) is 27.9 Å². The Morgan fingerprint density at radius 1 is 0.593 bits per heavy atom. The van der Waals surface area contributed by atoms with Crippen LogP contribution >= 0.6 is 7.82 Å². The summed E-state index contributed by atoms with van der Waals surface area (Å²) in [6, 6.07) is 0. The predicted octanol–water partition coefficient (Wildman–Crippen LogP) is 12.3. The summed E-state index contributed by atoms with van der Waals surface area (Å²) in [5.74, 6) is -0.341. The lowest BCUT2D eigenvalue weighted by molar-refractivity contribution is -0.870. The van der Waals surface area contributed by atoms with Crippen molar-refractivity contribution in [1.29, 1.82) is 0 Å². The van der Waals surface area contributed by atoms with Crippen LogP contribution in [0, 0.1) is 0 Å². The maximum Gasteiger partial charge on any atom is 0.472 e. The molecule has 0 aliphatic carbocycles. The third-order valence-corrected chi connectivity index (χ3v) is 9.49. The van der Waals surface area contributed by atoms with Crippen LogP contribution in [0.3, 0.4) is 0 Å². The first-order valence-electron chi connectivity index (χ1n) is 21.2. The number of unbranched alkanes of at least 4 members (excludes halogenated alkanes) is 12. The van der Waals surface area contributed by atoms with E-state index in [1.54, 1.807) is 0 Å². The maximum absolute atomic E-state index is 12.7. The van der Waals surface area contributed by atoms with E-state index in [0.29, 0.717) is 24.1 Å². The van der Waals surface area contributed by atoms with E-state index in [4.69, 9.17) is 18.5 Å². The van der Waals surface area contributed by atoms with Gasteiger partial charge in [0.05, 0.1) is 34.4 Å². The summed E-state index contributed by atoms with van der Waals surface area (Å²) < 4.78 is 34.9. The van der Waals surface area contributed by atoms with Crippen molar-refractivity contribution in [2.24, 2.45) is 0 Å². The Balaban J connectivity index is 4.37. The molecular weight excluding hydrogens is 697 g/mol. The van der Waals surface area contributed by atoms with Crippen LogP contribution in [0.1, 0.15) is 149 Å². The Bertz CT molecular complexity index is 1090. The number of carbonyl (C=O) groups is 1. The average molecular weight is 779 g/mol. The highest BCUT2D eigenvalue weighted by Gasteiger charge is 2.26. The fourth-order valence-corrected chi connectivity index (χ4v) is 5.96. The highest BCUT2D eigenvalue weighted by atomic mass is 31.2. The monoisotopic (exact) mass is 779 g/mol. The zero-order chi connectivity index (χ0) is 39.9. The van der Waals surface area contributed by atoms with Gasteiger partial charge in [0.15, 0.2) is 0 Å². The number of nitrogens with zero attached hydrogens (tertiary/aromatic N) is 1. The first-order valence-corrected chi connectivity index (χ1v) is 22.7. The quantitative estimate of drug-likeness (QED) is 0.0219. The number of carbonyl (C=O) groups excluding carboxylic acids is 1. The molecule has 0 spiro atoms. The van der Waals surface area contributed by atoms with Crippen molar-refractivity contribution in [2.75, 3.05) is 54.1 Å². The Morgan fingerprint density at radius 3 is 1.63 bits per heavy atom. The van der Waals surface area contributed by atoms with E-state index in [1.807, 2.05) is 21.1 Å². The molecule has 9 heteroatoms. The number of esters is 1. The number of hydrogen-bond donors (Lipinski definition) is 1. The lowest BCUT2D eigenvalue weighted by Gasteiger charge is -2.24. The summed E-state index contributed by atoms with van der Waals surface area (Å²) in [6.45, 7) is 5.35. The summed E-state index contributed by atoms with van der Waals surface area (Å²) in [7, 11) is 1.62. The van der Waals surface area contributed by atoms with Gasteiger partial charge in [-0.15, -0.1) is 0 Å². The largest absolute Gasteiger partial charge is 0.472 e. The summed E-state index contributed by atoms with van der Waals surface area (Å²) in [4.78, 5) is 22.8. The normalized spacial score (nSPS) is 14.6. The molecule has 0 saturated heterocycles. The van der Waals surface area contributed by atoms with Crippen molar-refractivity contribution in [2.45, 2.75) is 155 Å². The van der Waals surface area contributed by atoms with Crippen LogP contribution in [-0.4, -0.2) is 75.6 Å². The molecule has 0 fully saturated rings. The fourth-order valence-electron chi connectivity index (χ4n) is 5.22. The SMILES string of the molecule is CC/C=C\C/C=C\C/C=C\C/C=C\C/C=C\CCCCOCC(COP(=O)(O)OCC[N+](C)(C)C)OC(=O)CCCCCCC/C=C\CCCCCCC. The van der Waals surface area contributed by atoms with E-state index in [0.717, 1.165) is 83.5 Å². The molecule has 0 bridgehead atoms. The molecule has 8 nitrogen and oxygen atoms in total. The van der Waals surface area contributed by atoms with Crippen molar-refractivity contribution in [1.82, 2.24) is 0 Å². The molecule has 0 heterocycles. The smallest absolute Gasteiger partial charge is 0.457 e. The number of hydrogen-bond acceptors (Lipinski definition) is 6. The molecule has 0 amide bonds. The number of ether oxygens (including phenoxy) is 2. The molecule has 0 aliphatic rings. The van der Waals surface area contributed by atoms with Gasteiger partial charge in [-0.1, -0.05) is 132 Å². The second-order valence-corrected chi connectivity index (χ2v) is 16.4. The van der Waals surface area contributed by atoms with Gasteiger partial charge in [0.1, 0.15) is 19.3 Å². The molecule has 312 valence electrons. The lowest BCUT2D eigenvalue weighted by Crippen LogP contribution is -2.37. The standard InChI is InChI=1S/C45H80NO7P/c1-6-8-10-12-14-16-18-20-22-23-24-25-27-29-31-33-35-37-40-50-42-44(43-52-54(48,49)51-41-39-46(3,4)5)53-45(47)38-36-34-32-30-28-26-21-19-17-15-13-11-9-7-2/h8,10,14,16,19-22,24-25,29,31,44H,6-7,9,11-13,15,17-18,23,26-28,30,32-43H2,1-5H3/p+1/b10-8-,16-14-,21-19-,22-20-,25-24-,31-29-. The van der Waals surface area contributed by atoms with Crippen LogP contribution in [0.4, 0.5) is 0 Å². The van der Waals surface area contributed by atoms with Crippen LogP contribution in [0.2, 0.25) is 0 Å². The van der Waals surface area contributed by atoms with Gasteiger partial charge in [0.25, 0.3) is 0 Å². The molecule has 2 unspecified atom stereocenters. The van der Waals surface area contributed by atoms with E-state index >= 15 is 0 Å². The molecule has 0 aromatic heterocycles.